The Kier molecular flexibility index (Phi) is 53.0. The van der Waals surface area contributed by atoms with Gasteiger partial charge in [0.05, 0.1) is 0 Å². The number of esters is 3. The second-order valence-corrected chi connectivity index (χ2v) is 18.2. The largest absolute Gasteiger partial charge is 0.462 e. The highest BCUT2D eigenvalue weighted by Crippen LogP contribution is 2.14. The molecule has 6 heteroatoms. The van der Waals surface area contributed by atoms with E-state index in [0.29, 0.717) is 19.3 Å². The second kappa shape index (κ2) is 56.4. The Bertz CT molecular complexity index is 1470. The highest BCUT2D eigenvalue weighted by Gasteiger charge is 2.19. The highest BCUT2D eigenvalue weighted by molar-refractivity contribution is 5.71. The molecule has 0 aliphatic heterocycles. The topological polar surface area (TPSA) is 78.9 Å². The molecule has 0 amide bonds. The fourth-order valence-electron chi connectivity index (χ4n) is 7.37. The van der Waals surface area contributed by atoms with Crippen molar-refractivity contribution in [2.45, 2.75) is 245 Å². The van der Waals surface area contributed by atoms with Crippen LogP contribution in [-0.4, -0.2) is 37.2 Å². The van der Waals surface area contributed by atoms with Crippen molar-refractivity contribution in [2.24, 2.45) is 0 Å². The summed E-state index contributed by atoms with van der Waals surface area (Å²) in [6, 6.07) is 0. The van der Waals surface area contributed by atoms with Crippen LogP contribution in [0.15, 0.2) is 122 Å². The molecule has 0 heterocycles. The molecule has 0 bridgehead atoms. The van der Waals surface area contributed by atoms with Crippen LogP contribution in [0.4, 0.5) is 0 Å². The molecular weight excluding hydrogens is 853 g/mol. The molecule has 0 N–H and O–H groups in total. The summed E-state index contributed by atoms with van der Waals surface area (Å²) in [5.74, 6) is -0.996. The molecule has 0 aromatic rings. The first kappa shape index (κ1) is 64.8. The van der Waals surface area contributed by atoms with E-state index in [4.69, 9.17) is 14.2 Å². The monoisotopic (exact) mass is 955 g/mol. The lowest BCUT2D eigenvalue weighted by atomic mass is 10.1. The zero-order valence-corrected chi connectivity index (χ0v) is 44.5. The lowest BCUT2D eigenvalue weighted by molar-refractivity contribution is -0.167. The number of hydrogen-bond acceptors (Lipinski definition) is 6. The molecule has 0 fully saturated rings. The highest BCUT2D eigenvalue weighted by atomic mass is 16.6. The molecule has 390 valence electrons. The molecule has 1 atom stereocenters. The fraction of sp³-hybridized carbons (Fsp3) is 0.635. The van der Waals surface area contributed by atoms with Crippen LogP contribution in [0.25, 0.3) is 0 Å². The Labute approximate surface area is 424 Å². The van der Waals surface area contributed by atoms with Gasteiger partial charge in [0.1, 0.15) is 13.2 Å². The Morgan fingerprint density at radius 1 is 0.319 bits per heavy atom. The van der Waals surface area contributed by atoms with Crippen LogP contribution in [-0.2, 0) is 28.6 Å². The predicted molar refractivity (Wildman–Crippen MR) is 297 cm³/mol. The lowest BCUT2D eigenvalue weighted by Crippen LogP contribution is -2.30. The lowest BCUT2D eigenvalue weighted by Gasteiger charge is -2.18. The molecule has 6 nitrogen and oxygen atoms in total. The maximum Gasteiger partial charge on any atom is 0.306 e. The first-order chi connectivity index (χ1) is 34.0. The normalized spacial score (nSPS) is 13.0. The molecular formula is C63H102O6. The average molecular weight is 956 g/mol. The van der Waals surface area contributed by atoms with Gasteiger partial charge in [-0.15, -0.1) is 0 Å². The minimum atomic E-state index is -0.820. The Morgan fingerprint density at radius 2 is 0.652 bits per heavy atom. The standard InChI is InChI=1S/C63H102O6/c1-4-7-10-13-16-19-22-25-28-30-31-33-35-38-41-44-47-50-53-56-62(65)68-59-60(58-67-61(64)55-52-49-46-43-40-37-34-27-24-21-18-15-12-9-6-3)69-63(66)57-54-51-48-45-42-39-36-32-29-26-23-20-17-14-11-8-5-2/h7,9-10,12,15-16,18-19,21,24-29,34,36,39,45,48,60H,4-6,8,11,13-14,17,20,22-23,30-33,35,37-38,40-44,46-47,49-59H2,1-3H3/b10-7-,12-9-,18-15-,19-16-,24-21-,28-25-,29-26-,34-27-,39-36-,48-45-. The van der Waals surface area contributed by atoms with Crippen molar-refractivity contribution in [3.05, 3.63) is 122 Å². The van der Waals surface area contributed by atoms with Crippen molar-refractivity contribution in [2.75, 3.05) is 13.2 Å². The van der Waals surface area contributed by atoms with E-state index in [-0.39, 0.29) is 37.5 Å². The molecule has 0 spiro atoms. The van der Waals surface area contributed by atoms with Gasteiger partial charge in [-0.05, 0) is 103 Å². The molecule has 0 radical (unpaired) electrons. The minimum absolute atomic E-state index is 0.112. The van der Waals surface area contributed by atoms with Gasteiger partial charge >= 0.3 is 17.9 Å². The predicted octanol–water partition coefficient (Wildman–Crippen LogP) is 18.9. The maximum absolute atomic E-state index is 12.8. The van der Waals surface area contributed by atoms with Crippen LogP contribution in [0.1, 0.15) is 239 Å². The fourth-order valence-corrected chi connectivity index (χ4v) is 7.37. The van der Waals surface area contributed by atoms with Crippen molar-refractivity contribution >= 4 is 17.9 Å². The molecule has 0 rings (SSSR count). The van der Waals surface area contributed by atoms with E-state index in [2.05, 4.69) is 124 Å². The summed E-state index contributed by atoms with van der Waals surface area (Å²) in [6.07, 6.45) is 77.6. The van der Waals surface area contributed by atoms with Crippen molar-refractivity contribution in [3.8, 4) is 0 Å². The third-order valence-corrected chi connectivity index (χ3v) is 11.5. The Hall–Kier alpha value is -4.19. The summed E-state index contributed by atoms with van der Waals surface area (Å²) in [5.41, 5.74) is 0. The Balaban J connectivity index is 4.51. The van der Waals surface area contributed by atoms with Crippen molar-refractivity contribution in [1.29, 1.82) is 0 Å². The van der Waals surface area contributed by atoms with Crippen LogP contribution in [0.5, 0.6) is 0 Å². The number of carbonyl (C=O) groups is 3. The average Bonchev–Trinajstić information content (AvgIpc) is 3.35. The number of carbonyl (C=O) groups excluding carboxylic acids is 3. The molecule has 0 aromatic heterocycles. The molecule has 0 aliphatic carbocycles. The molecule has 0 aliphatic rings. The maximum atomic E-state index is 12.8. The first-order valence-electron chi connectivity index (χ1n) is 28.1. The number of ether oxygens (including phenoxy) is 3. The van der Waals surface area contributed by atoms with Gasteiger partial charge in [0, 0.05) is 19.3 Å². The van der Waals surface area contributed by atoms with E-state index in [1.54, 1.807) is 0 Å². The third kappa shape index (κ3) is 54.6. The van der Waals surface area contributed by atoms with Gasteiger partial charge in [-0.1, -0.05) is 239 Å². The van der Waals surface area contributed by atoms with Gasteiger partial charge in [-0.25, -0.2) is 0 Å². The van der Waals surface area contributed by atoms with Crippen molar-refractivity contribution in [1.82, 2.24) is 0 Å². The second-order valence-electron chi connectivity index (χ2n) is 18.2. The number of hydrogen-bond donors (Lipinski definition) is 0. The van der Waals surface area contributed by atoms with E-state index in [1.807, 2.05) is 18.2 Å². The summed E-state index contributed by atoms with van der Waals surface area (Å²) in [5, 5.41) is 0. The summed E-state index contributed by atoms with van der Waals surface area (Å²) in [6.45, 7) is 6.31. The van der Waals surface area contributed by atoms with Gasteiger partial charge in [0.2, 0.25) is 0 Å². The van der Waals surface area contributed by atoms with E-state index in [1.165, 1.54) is 83.5 Å². The van der Waals surface area contributed by atoms with Gasteiger partial charge in [0.15, 0.2) is 6.10 Å². The zero-order valence-electron chi connectivity index (χ0n) is 44.5. The molecule has 1 unspecified atom stereocenters. The smallest absolute Gasteiger partial charge is 0.306 e. The molecule has 69 heavy (non-hydrogen) atoms. The molecule has 0 saturated heterocycles. The summed E-state index contributed by atoms with van der Waals surface area (Å²) >= 11 is 0. The van der Waals surface area contributed by atoms with Gasteiger partial charge < -0.3 is 14.2 Å². The van der Waals surface area contributed by atoms with Crippen LogP contribution in [0.2, 0.25) is 0 Å². The third-order valence-electron chi connectivity index (χ3n) is 11.5. The van der Waals surface area contributed by atoms with Gasteiger partial charge in [0.25, 0.3) is 0 Å². The Morgan fingerprint density at radius 3 is 1.10 bits per heavy atom. The van der Waals surface area contributed by atoms with Crippen LogP contribution >= 0.6 is 0 Å². The van der Waals surface area contributed by atoms with Crippen LogP contribution in [0.3, 0.4) is 0 Å². The quantitative estimate of drug-likeness (QED) is 0.0199. The number of allylic oxidation sites excluding steroid dienone is 20. The summed E-state index contributed by atoms with van der Waals surface area (Å²) in [7, 11) is 0. The minimum Gasteiger partial charge on any atom is -0.462 e. The van der Waals surface area contributed by atoms with E-state index in [0.717, 1.165) is 109 Å². The van der Waals surface area contributed by atoms with Crippen LogP contribution in [0, 0.1) is 0 Å². The number of rotatable bonds is 49. The SMILES string of the molecule is CC\C=C/C=C\C=C/C=C\CCCCCCCC(=O)OCC(COC(=O)CCCCCCCCCCC/C=C\C/C=C\C/C=C\CC)OC(=O)CCC/C=C\C/C=C\C/C=C\CCCCCCCC. The van der Waals surface area contributed by atoms with E-state index < -0.39 is 6.10 Å². The summed E-state index contributed by atoms with van der Waals surface area (Å²) in [4.78, 5) is 38.1. The first-order valence-corrected chi connectivity index (χ1v) is 28.1. The zero-order chi connectivity index (χ0) is 50.0. The van der Waals surface area contributed by atoms with Crippen molar-refractivity contribution < 1.29 is 28.6 Å². The number of unbranched alkanes of at least 4 members (excludes halogenated alkanes) is 21. The van der Waals surface area contributed by atoms with Gasteiger partial charge in [-0.2, -0.15) is 0 Å². The van der Waals surface area contributed by atoms with Gasteiger partial charge in [-0.3, -0.25) is 14.4 Å². The molecule has 0 aromatic carbocycles. The van der Waals surface area contributed by atoms with E-state index >= 15 is 0 Å². The summed E-state index contributed by atoms with van der Waals surface area (Å²) < 4.78 is 16.8. The molecule has 0 saturated carbocycles. The van der Waals surface area contributed by atoms with E-state index in [9.17, 15) is 14.4 Å². The van der Waals surface area contributed by atoms with Crippen molar-refractivity contribution in [3.63, 3.8) is 0 Å². The van der Waals surface area contributed by atoms with Crippen LogP contribution < -0.4 is 0 Å².